The molecule has 0 radical (unpaired) electrons. The maximum absolute atomic E-state index is 12.2. The molecular weight excluding hydrogens is 512 g/mol. The average molecular weight is 522 g/mol. The van der Waals surface area contributed by atoms with Gasteiger partial charge in [-0.25, -0.2) is 9.78 Å². The SMILES string of the molecule is O=C(NC(=O)c1c(Cl)cccc1Cl)Nc1ccc(Sc2cc(Cl)c(Cl)cc2Cl)nc1. The maximum Gasteiger partial charge on any atom is 0.326 e. The van der Waals surface area contributed by atoms with Crippen LogP contribution in [-0.2, 0) is 0 Å². The summed E-state index contributed by atoms with van der Waals surface area (Å²) in [5, 5.41) is 6.73. The summed E-state index contributed by atoms with van der Waals surface area (Å²) < 4.78 is 0. The molecule has 0 aliphatic rings. The number of nitrogens with zero attached hydrogens (tertiary/aromatic N) is 1. The number of carbonyl (C=O) groups is 2. The summed E-state index contributed by atoms with van der Waals surface area (Å²) in [6, 6.07) is 10.3. The Labute approximate surface area is 201 Å². The smallest absolute Gasteiger partial charge is 0.306 e. The number of pyridine rings is 1. The molecule has 0 unspecified atom stereocenters. The Balaban J connectivity index is 1.63. The number of rotatable bonds is 4. The molecule has 3 amide bonds. The number of halogens is 5. The van der Waals surface area contributed by atoms with Crippen molar-refractivity contribution in [3.8, 4) is 0 Å². The topological polar surface area (TPSA) is 71.1 Å². The van der Waals surface area contributed by atoms with E-state index in [0.29, 0.717) is 30.7 Å². The average Bonchev–Trinajstić information content (AvgIpc) is 2.67. The molecule has 2 N–H and O–H groups in total. The first-order valence-electron chi connectivity index (χ1n) is 8.09. The van der Waals surface area contributed by atoms with Crippen molar-refractivity contribution in [1.82, 2.24) is 10.3 Å². The molecule has 154 valence electrons. The molecule has 5 nitrogen and oxygen atoms in total. The van der Waals surface area contributed by atoms with Crippen LogP contribution >= 0.6 is 69.8 Å². The highest BCUT2D eigenvalue weighted by Gasteiger charge is 2.17. The summed E-state index contributed by atoms with van der Waals surface area (Å²) in [5.74, 6) is -0.725. The minimum absolute atomic E-state index is 0.0133. The third-order valence-electron chi connectivity index (χ3n) is 3.60. The zero-order valence-corrected chi connectivity index (χ0v) is 19.3. The summed E-state index contributed by atoms with van der Waals surface area (Å²) in [7, 11) is 0. The molecule has 0 aliphatic heterocycles. The summed E-state index contributed by atoms with van der Waals surface area (Å²) in [4.78, 5) is 29.3. The van der Waals surface area contributed by atoms with Gasteiger partial charge < -0.3 is 5.32 Å². The number of anilines is 1. The van der Waals surface area contributed by atoms with Crippen molar-refractivity contribution in [3.05, 3.63) is 79.3 Å². The highest BCUT2D eigenvalue weighted by atomic mass is 35.5. The van der Waals surface area contributed by atoms with E-state index in [4.69, 9.17) is 58.0 Å². The molecule has 0 saturated carbocycles. The van der Waals surface area contributed by atoms with Crippen LogP contribution in [0, 0.1) is 0 Å². The lowest BCUT2D eigenvalue weighted by atomic mass is 10.2. The summed E-state index contributed by atoms with van der Waals surface area (Å²) in [5.41, 5.74) is 0.384. The molecule has 30 heavy (non-hydrogen) atoms. The fourth-order valence-corrected chi connectivity index (χ4v) is 4.35. The van der Waals surface area contributed by atoms with E-state index in [1.807, 2.05) is 0 Å². The highest BCUT2D eigenvalue weighted by molar-refractivity contribution is 7.99. The largest absolute Gasteiger partial charge is 0.326 e. The first-order valence-corrected chi connectivity index (χ1v) is 10.8. The van der Waals surface area contributed by atoms with Crippen LogP contribution in [0.3, 0.4) is 0 Å². The lowest BCUT2D eigenvalue weighted by Gasteiger charge is -2.09. The standard InChI is InChI=1S/C19H10Cl5N3O2S/c20-10-2-1-3-11(21)17(10)18(28)27-19(29)26-9-4-5-16(25-8-9)30-15-7-13(23)12(22)6-14(15)24/h1-8H,(H2,26,27,28,29). The molecule has 3 rings (SSSR count). The first-order chi connectivity index (χ1) is 14.2. The van der Waals surface area contributed by atoms with Crippen LogP contribution in [0.25, 0.3) is 0 Å². The van der Waals surface area contributed by atoms with Crippen LogP contribution in [0.15, 0.2) is 58.6 Å². The number of benzene rings is 2. The van der Waals surface area contributed by atoms with Gasteiger partial charge in [0.25, 0.3) is 5.91 Å². The second kappa shape index (κ2) is 10.1. The second-order valence-electron chi connectivity index (χ2n) is 5.69. The van der Waals surface area contributed by atoms with Crippen LogP contribution in [0.2, 0.25) is 25.1 Å². The monoisotopic (exact) mass is 519 g/mol. The molecular formula is C19H10Cl5N3O2S. The number of imide groups is 1. The van der Waals surface area contributed by atoms with Gasteiger partial charge in [0.05, 0.1) is 42.6 Å². The fourth-order valence-electron chi connectivity index (χ4n) is 2.25. The number of carbonyl (C=O) groups excluding carboxylic acids is 2. The van der Waals surface area contributed by atoms with E-state index < -0.39 is 11.9 Å². The van der Waals surface area contributed by atoms with Crippen molar-refractivity contribution < 1.29 is 9.59 Å². The molecule has 11 heteroatoms. The summed E-state index contributed by atoms with van der Waals surface area (Å²) in [6.07, 6.45) is 1.43. The third kappa shape index (κ3) is 5.72. The van der Waals surface area contributed by atoms with Crippen LogP contribution in [-0.4, -0.2) is 16.9 Å². The van der Waals surface area contributed by atoms with Crippen molar-refractivity contribution in [1.29, 1.82) is 0 Å². The predicted octanol–water partition coefficient (Wildman–Crippen LogP) is 7.46. The van der Waals surface area contributed by atoms with E-state index in [-0.39, 0.29) is 15.6 Å². The van der Waals surface area contributed by atoms with Gasteiger partial charge in [-0.05, 0) is 36.4 Å². The van der Waals surface area contributed by atoms with Gasteiger partial charge in [0, 0.05) is 4.90 Å². The number of hydrogen-bond donors (Lipinski definition) is 2. The summed E-state index contributed by atoms with van der Waals surface area (Å²) >= 11 is 31.3. The third-order valence-corrected chi connectivity index (χ3v) is 6.39. The molecule has 1 heterocycles. The zero-order valence-electron chi connectivity index (χ0n) is 14.7. The lowest BCUT2D eigenvalue weighted by molar-refractivity contribution is 0.0967. The Morgan fingerprint density at radius 3 is 2.13 bits per heavy atom. The van der Waals surface area contributed by atoms with Crippen molar-refractivity contribution in [2.24, 2.45) is 0 Å². The minimum atomic E-state index is -0.759. The van der Waals surface area contributed by atoms with Crippen molar-refractivity contribution in [3.63, 3.8) is 0 Å². The Hall–Kier alpha value is -1.67. The van der Waals surface area contributed by atoms with Gasteiger partial charge in [-0.2, -0.15) is 0 Å². The van der Waals surface area contributed by atoms with Gasteiger partial charge in [-0.15, -0.1) is 0 Å². The number of amides is 3. The van der Waals surface area contributed by atoms with E-state index in [1.54, 1.807) is 30.3 Å². The quantitative estimate of drug-likeness (QED) is 0.350. The second-order valence-corrected chi connectivity index (χ2v) is 8.79. The van der Waals surface area contributed by atoms with E-state index in [1.165, 1.54) is 30.1 Å². The molecule has 0 saturated heterocycles. The van der Waals surface area contributed by atoms with Gasteiger partial charge in [-0.3, -0.25) is 10.1 Å². The molecule has 0 atom stereocenters. The van der Waals surface area contributed by atoms with Crippen LogP contribution in [0.5, 0.6) is 0 Å². The summed E-state index contributed by atoms with van der Waals surface area (Å²) in [6.45, 7) is 0. The Kier molecular flexibility index (Phi) is 7.74. The van der Waals surface area contributed by atoms with Crippen LogP contribution in [0.1, 0.15) is 10.4 Å². The Bertz CT molecular complexity index is 1110. The number of hydrogen-bond acceptors (Lipinski definition) is 4. The molecule has 0 fully saturated rings. The normalized spacial score (nSPS) is 10.6. The van der Waals surface area contributed by atoms with Crippen molar-refractivity contribution >= 4 is 87.4 Å². The fraction of sp³-hybridized carbons (Fsp3) is 0. The molecule has 0 spiro atoms. The number of urea groups is 1. The van der Waals surface area contributed by atoms with Crippen LogP contribution < -0.4 is 10.6 Å². The Morgan fingerprint density at radius 1 is 0.833 bits per heavy atom. The molecule has 0 aliphatic carbocycles. The minimum Gasteiger partial charge on any atom is -0.306 e. The van der Waals surface area contributed by atoms with Gasteiger partial charge in [-0.1, -0.05) is 75.8 Å². The van der Waals surface area contributed by atoms with Gasteiger partial charge >= 0.3 is 6.03 Å². The molecule has 0 bridgehead atoms. The van der Waals surface area contributed by atoms with E-state index >= 15 is 0 Å². The molecule has 2 aromatic carbocycles. The molecule has 1 aromatic heterocycles. The van der Waals surface area contributed by atoms with Crippen molar-refractivity contribution in [2.45, 2.75) is 9.92 Å². The predicted molar refractivity (Wildman–Crippen MR) is 123 cm³/mol. The van der Waals surface area contributed by atoms with Gasteiger partial charge in [0.2, 0.25) is 0 Å². The number of aromatic nitrogens is 1. The highest BCUT2D eigenvalue weighted by Crippen LogP contribution is 2.37. The molecule has 3 aromatic rings. The Morgan fingerprint density at radius 2 is 1.50 bits per heavy atom. The lowest BCUT2D eigenvalue weighted by Crippen LogP contribution is -2.34. The van der Waals surface area contributed by atoms with Crippen molar-refractivity contribution in [2.75, 3.05) is 5.32 Å². The zero-order chi connectivity index (χ0) is 21.8. The van der Waals surface area contributed by atoms with E-state index in [0.717, 1.165) is 0 Å². The van der Waals surface area contributed by atoms with Crippen LogP contribution in [0.4, 0.5) is 10.5 Å². The van der Waals surface area contributed by atoms with E-state index in [2.05, 4.69) is 15.6 Å². The van der Waals surface area contributed by atoms with E-state index in [9.17, 15) is 9.59 Å². The first kappa shape index (κ1) is 23.0. The van der Waals surface area contributed by atoms with Gasteiger partial charge in [0.15, 0.2) is 0 Å². The number of nitrogens with one attached hydrogen (secondary N) is 2. The maximum atomic E-state index is 12.2. The van der Waals surface area contributed by atoms with Gasteiger partial charge in [0.1, 0.15) is 5.03 Å².